The molecular formula is C13H15Cl2N3O2. The highest BCUT2D eigenvalue weighted by Crippen LogP contribution is 2.33. The molecule has 20 heavy (non-hydrogen) atoms. The van der Waals surface area contributed by atoms with Crippen LogP contribution in [0, 0.1) is 6.92 Å². The van der Waals surface area contributed by atoms with Gasteiger partial charge >= 0.3 is 0 Å². The van der Waals surface area contributed by atoms with Crippen LogP contribution in [0.15, 0.2) is 16.7 Å². The van der Waals surface area contributed by atoms with Crippen molar-refractivity contribution in [2.24, 2.45) is 5.73 Å². The van der Waals surface area contributed by atoms with Gasteiger partial charge in [0.25, 0.3) is 5.89 Å². The summed E-state index contributed by atoms with van der Waals surface area (Å²) in [6, 6.07) is 3.39. The van der Waals surface area contributed by atoms with Crippen LogP contribution in [0.2, 0.25) is 10.0 Å². The summed E-state index contributed by atoms with van der Waals surface area (Å²) < 4.78 is 10.7. The van der Waals surface area contributed by atoms with Gasteiger partial charge in [0.2, 0.25) is 0 Å². The first kappa shape index (κ1) is 15.1. The summed E-state index contributed by atoms with van der Waals surface area (Å²) in [4.78, 5) is 4.07. The zero-order chi connectivity index (χ0) is 14.7. The van der Waals surface area contributed by atoms with Gasteiger partial charge in [-0.25, -0.2) is 0 Å². The summed E-state index contributed by atoms with van der Waals surface area (Å²) in [5, 5.41) is 4.68. The zero-order valence-electron chi connectivity index (χ0n) is 11.2. The average Bonchev–Trinajstić information content (AvgIpc) is 2.73. The van der Waals surface area contributed by atoms with E-state index in [0.29, 0.717) is 33.9 Å². The van der Waals surface area contributed by atoms with Crippen LogP contribution in [0.25, 0.3) is 0 Å². The second-order valence-corrected chi connectivity index (χ2v) is 5.42. The molecular weight excluding hydrogens is 301 g/mol. The molecule has 1 unspecified atom stereocenters. The highest BCUT2D eigenvalue weighted by atomic mass is 35.5. The maximum Gasteiger partial charge on any atom is 0.264 e. The van der Waals surface area contributed by atoms with Crippen LogP contribution in [0.1, 0.15) is 24.2 Å². The minimum absolute atomic E-state index is 0.0301. The monoisotopic (exact) mass is 315 g/mol. The van der Waals surface area contributed by atoms with Gasteiger partial charge in [0.1, 0.15) is 5.75 Å². The maximum absolute atomic E-state index is 6.17. The Bertz CT molecular complexity index is 599. The van der Waals surface area contributed by atoms with Crippen LogP contribution in [0.4, 0.5) is 0 Å². The van der Waals surface area contributed by atoms with Gasteiger partial charge in [0.15, 0.2) is 12.4 Å². The van der Waals surface area contributed by atoms with E-state index >= 15 is 0 Å². The van der Waals surface area contributed by atoms with Crippen molar-refractivity contribution >= 4 is 23.2 Å². The van der Waals surface area contributed by atoms with Crippen molar-refractivity contribution in [2.75, 3.05) is 0 Å². The number of aryl methyl sites for hydroxylation is 1. The highest BCUT2D eigenvalue weighted by molar-refractivity contribution is 6.35. The molecule has 2 aromatic rings. The van der Waals surface area contributed by atoms with Crippen molar-refractivity contribution in [3.8, 4) is 5.75 Å². The van der Waals surface area contributed by atoms with Gasteiger partial charge in [0.05, 0.1) is 5.02 Å². The lowest BCUT2D eigenvalue weighted by Gasteiger charge is -2.14. The molecule has 0 fully saturated rings. The first-order valence-corrected chi connectivity index (χ1v) is 6.86. The van der Waals surface area contributed by atoms with Gasteiger partial charge < -0.3 is 15.0 Å². The molecule has 108 valence electrons. The predicted molar refractivity (Wildman–Crippen MR) is 77.2 cm³/mol. The van der Waals surface area contributed by atoms with Gasteiger partial charge in [-0.3, -0.25) is 0 Å². The van der Waals surface area contributed by atoms with E-state index in [1.54, 1.807) is 19.1 Å². The van der Waals surface area contributed by atoms with E-state index in [9.17, 15) is 0 Å². The summed E-state index contributed by atoms with van der Waals surface area (Å²) in [5.41, 5.74) is 6.68. The molecule has 1 heterocycles. The molecule has 1 aromatic carbocycles. The Kier molecular flexibility index (Phi) is 4.86. The minimum Gasteiger partial charge on any atom is -0.482 e. The predicted octanol–water partition coefficient (Wildman–Crippen LogP) is 3.15. The third-order valence-electron chi connectivity index (χ3n) is 2.54. The molecule has 0 amide bonds. The molecule has 5 nitrogen and oxygen atoms in total. The third-order valence-corrected chi connectivity index (χ3v) is 3.04. The summed E-state index contributed by atoms with van der Waals surface area (Å²) in [6.07, 6.45) is 0.610. The SMILES string of the molecule is Cc1noc(COc2c(Cl)cc(Cl)cc2CC(C)N)n1. The Morgan fingerprint density at radius 2 is 2.15 bits per heavy atom. The number of nitrogens with zero attached hydrogens (tertiary/aromatic N) is 2. The number of hydrogen-bond acceptors (Lipinski definition) is 5. The topological polar surface area (TPSA) is 74.2 Å². The molecule has 0 saturated carbocycles. The van der Waals surface area contributed by atoms with Crippen molar-refractivity contribution in [3.63, 3.8) is 0 Å². The second kappa shape index (κ2) is 6.43. The van der Waals surface area contributed by atoms with Gasteiger partial charge in [-0.05, 0) is 38.0 Å². The Balaban J connectivity index is 2.20. The van der Waals surface area contributed by atoms with Crippen molar-refractivity contribution in [1.29, 1.82) is 0 Å². The molecule has 2 rings (SSSR count). The fourth-order valence-corrected chi connectivity index (χ4v) is 2.40. The lowest BCUT2D eigenvalue weighted by molar-refractivity contribution is 0.240. The lowest BCUT2D eigenvalue weighted by atomic mass is 10.1. The van der Waals surface area contributed by atoms with E-state index in [1.807, 2.05) is 6.92 Å². The molecule has 0 saturated heterocycles. The molecule has 1 aromatic heterocycles. The molecule has 1 atom stereocenters. The lowest BCUT2D eigenvalue weighted by Crippen LogP contribution is -2.18. The first-order chi connectivity index (χ1) is 9.45. The number of halogens is 2. The Labute approximate surface area is 127 Å². The molecule has 0 spiro atoms. The largest absolute Gasteiger partial charge is 0.482 e. The fraction of sp³-hybridized carbons (Fsp3) is 0.385. The first-order valence-electron chi connectivity index (χ1n) is 6.11. The maximum atomic E-state index is 6.17. The van der Waals surface area contributed by atoms with Gasteiger partial charge in [-0.1, -0.05) is 28.4 Å². The number of ether oxygens (including phenoxy) is 1. The van der Waals surface area contributed by atoms with E-state index in [-0.39, 0.29) is 12.6 Å². The van der Waals surface area contributed by atoms with E-state index in [1.165, 1.54) is 0 Å². The smallest absolute Gasteiger partial charge is 0.264 e. The quantitative estimate of drug-likeness (QED) is 0.917. The molecule has 7 heteroatoms. The Hall–Kier alpha value is -1.30. The fourth-order valence-electron chi connectivity index (χ4n) is 1.81. The molecule has 0 radical (unpaired) electrons. The standard InChI is InChI=1S/C13H15Cl2N3O2/c1-7(16)3-9-4-10(14)5-11(15)13(9)19-6-12-17-8(2)18-20-12/h4-5,7H,3,6,16H2,1-2H3. The van der Waals surface area contributed by atoms with Crippen molar-refractivity contribution in [1.82, 2.24) is 10.1 Å². The normalized spacial score (nSPS) is 12.4. The third kappa shape index (κ3) is 3.85. The number of nitrogens with two attached hydrogens (primary N) is 1. The van der Waals surface area contributed by atoms with E-state index < -0.39 is 0 Å². The van der Waals surface area contributed by atoms with Crippen LogP contribution in [-0.2, 0) is 13.0 Å². The molecule has 0 aliphatic rings. The van der Waals surface area contributed by atoms with Crippen LogP contribution in [0.5, 0.6) is 5.75 Å². The average molecular weight is 316 g/mol. The van der Waals surface area contributed by atoms with E-state index in [4.69, 9.17) is 38.2 Å². The molecule has 2 N–H and O–H groups in total. The van der Waals surface area contributed by atoms with E-state index in [0.717, 1.165) is 5.56 Å². The van der Waals surface area contributed by atoms with Crippen molar-refractivity contribution in [2.45, 2.75) is 32.9 Å². The number of aromatic nitrogens is 2. The van der Waals surface area contributed by atoms with Gasteiger partial charge in [-0.15, -0.1) is 0 Å². The van der Waals surface area contributed by atoms with Crippen molar-refractivity contribution in [3.05, 3.63) is 39.5 Å². The van der Waals surface area contributed by atoms with E-state index in [2.05, 4.69) is 10.1 Å². The van der Waals surface area contributed by atoms with Crippen LogP contribution in [0.3, 0.4) is 0 Å². The van der Waals surface area contributed by atoms with Crippen LogP contribution >= 0.6 is 23.2 Å². The molecule has 0 aliphatic carbocycles. The number of benzene rings is 1. The van der Waals surface area contributed by atoms with Gasteiger partial charge in [0, 0.05) is 11.1 Å². The number of hydrogen-bond donors (Lipinski definition) is 1. The summed E-state index contributed by atoms with van der Waals surface area (Å²) in [6.45, 7) is 3.79. The summed E-state index contributed by atoms with van der Waals surface area (Å²) in [5.74, 6) is 1.49. The molecule has 0 bridgehead atoms. The zero-order valence-corrected chi connectivity index (χ0v) is 12.7. The van der Waals surface area contributed by atoms with Crippen molar-refractivity contribution < 1.29 is 9.26 Å². The summed E-state index contributed by atoms with van der Waals surface area (Å²) >= 11 is 12.2. The minimum atomic E-state index is -0.0301. The summed E-state index contributed by atoms with van der Waals surface area (Å²) in [7, 11) is 0. The van der Waals surface area contributed by atoms with Crippen LogP contribution in [-0.4, -0.2) is 16.2 Å². The Morgan fingerprint density at radius 3 is 2.75 bits per heavy atom. The second-order valence-electron chi connectivity index (χ2n) is 4.58. The van der Waals surface area contributed by atoms with Gasteiger partial charge in [-0.2, -0.15) is 4.98 Å². The van der Waals surface area contributed by atoms with Crippen LogP contribution < -0.4 is 10.5 Å². The number of rotatable bonds is 5. The molecule has 0 aliphatic heterocycles. The Morgan fingerprint density at radius 1 is 1.40 bits per heavy atom. The highest BCUT2D eigenvalue weighted by Gasteiger charge is 2.14.